The van der Waals surface area contributed by atoms with Crippen LogP contribution < -0.4 is 10.3 Å². The van der Waals surface area contributed by atoms with Crippen LogP contribution in [0.5, 0.6) is 5.75 Å². The number of nitrogens with one attached hydrogen (secondary N) is 1. The van der Waals surface area contributed by atoms with Gasteiger partial charge in [0.2, 0.25) is 5.56 Å². The normalized spacial score (nSPS) is 16.3. The molecular formula is C18H22N2O4. The van der Waals surface area contributed by atoms with Gasteiger partial charge in [0.15, 0.2) is 0 Å². The van der Waals surface area contributed by atoms with Crippen molar-refractivity contribution < 1.29 is 14.3 Å². The molecule has 1 aromatic heterocycles. The van der Waals surface area contributed by atoms with E-state index >= 15 is 0 Å². The molecule has 1 amide bonds. The van der Waals surface area contributed by atoms with E-state index in [1.54, 1.807) is 11.0 Å². The predicted molar refractivity (Wildman–Crippen MR) is 91.6 cm³/mol. The number of nitrogens with zero attached hydrogens (tertiary/aromatic N) is 1. The van der Waals surface area contributed by atoms with Crippen LogP contribution in [0, 0.1) is 0 Å². The van der Waals surface area contributed by atoms with Crippen molar-refractivity contribution in [2.45, 2.75) is 32.8 Å². The maximum Gasteiger partial charge on any atom is 0.410 e. The highest BCUT2D eigenvalue weighted by Gasteiger charge is 2.26. The molecule has 1 atom stereocenters. The van der Waals surface area contributed by atoms with E-state index in [2.05, 4.69) is 4.98 Å². The molecule has 1 aliphatic heterocycles. The van der Waals surface area contributed by atoms with E-state index in [1.165, 1.54) is 6.07 Å². The molecule has 6 heteroatoms. The lowest BCUT2D eigenvalue weighted by Gasteiger charge is -2.28. The van der Waals surface area contributed by atoms with E-state index in [-0.39, 0.29) is 17.8 Å². The number of hydrogen-bond acceptors (Lipinski definition) is 4. The quantitative estimate of drug-likeness (QED) is 0.935. The molecule has 0 spiro atoms. The standard InChI is InChI=1S/C18H22N2O4/c1-3-9-20(4-2)18(22)24-12-10-14-13-5-8-17(21)19-15(13)6-7-16(14)23-11-12/h5-8,12H,3-4,9-11H2,1-2H3,(H,19,21). The average molecular weight is 330 g/mol. The molecule has 1 aromatic carbocycles. The molecule has 2 heterocycles. The highest BCUT2D eigenvalue weighted by Crippen LogP contribution is 2.31. The Labute approximate surface area is 140 Å². The molecule has 0 saturated carbocycles. The molecule has 0 radical (unpaired) electrons. The van der Waals surface area contributed by atoms with Gasteiger partial charge in [-0.05, 0) is 31.5 Å². The van der Waals surface area contributed by atoms with Gasteiger partial charge in [-0.1, -0.05) is 6.92 Å². The number of rotatable bonds is 4. The van der Waals surface area contributed by atoms with Crippen molar-refractivity contribution in [1.82, 2.24) is 9.88 Å². The molecular weight excluding hydrogens is 308 g/mol. The number of carbonyl (C=O) groups excluding carboxylic acids is 1. The zero-order valence-electron chi connectivity index (χ0n) is 14.0. The van der Waals surface area contributed by atoms with Gasteiger partial charge >= 0.3 is 6.09 Å². The largest absolute Gasteiger partial charge is 0.489 e. The molecule has 0 bridgehead atoms. The van der Waals surface area contributed by atoms with Crippen molar-refractivity contribution in [2.75, 3.05) is 19.7 Å². The lowest BCUT2D eigenvalue weighted by atomic mass is 9.99. The second-order valence-corrected chi connectivity index (χ2v) is 5.93. The predicted octanol–water partition coefficient (Wildman–Crippen LogP) is 2.70. The van der Waals surface area contributed by atoms with Crippen molar-refractivity contribution in [3.8, 4) is 5.75 Å². The molecule has 2 aromatic rings. The zero-order valence-corrected chi connectivity index (χ0v) is 14.0. The van der Waals surface area contributed by atoms with E-state index in [0.29, 0.717) is 26.1 Å². The maximum absolute atomic E-state index is 12.3. The van der Waals surface area contributed by atoms with E-state index in [4.69, 9.17) is 9.47 Å². The second kappa shape index (κ2) is 6.95. The summed E-state index contributed by atoms with van der Waals surface area (Å²) in [6.45, 7) is 5.62. The monoisotopic (exact) mass is 330 g/mol. The Bertz CT molecular complexity index is 799. The number of aromatic amines is 1. The van der Waals surface area contributed by atoms with Crippen molar-refractivity contribution in [3.63, 3.8) is 0 Å². The Morgan fingerprint density at radius 3 is 2.92 bits per heavy atom. The molecule has 0 fully saturated rings. The van der Waals surface area contributed by atoms with Crippen molar-refractivity contribution in [1.29, 1.82) is 0 Å². The van der Waals surface area contributed by atoms with E-state index in [9.17, 15) is 9.59 Å². The fourth-order valence-corrected chi connectivity index (χ4v) is 3.03. The van der Waals surface area contributed by atoms with Crippen LogP contribution >= 0.6 is 0 Å². The van der Waals surface area contributed by atoms with E-state index in [1.807, 2.05) is 26.0 Å². The minimum atomic E-state index is -0.326. The van der Waals surface area contributed by atoms with Crippen LogP contribution in [-0.4, -0.2) is 41.8 Å². The number of hydrogen-bond donors (Lipinski definition) is 1. The summed E-state index contributed by atoms with van der Waals surface area (Å²) in [7, 11) is 0. The lowest BCUT2D eigenvalue weighted by molar-refractivity contribution is 0.0330. The minimum absolute atomic E-state index is 0.139. The summed E-state index contributed by atoms with van der Waals surface area (Å²) in [6, 6.07) is 6.97. The van der Waals surface area contributed by atoms with Crippen LogP contribution in [0.2, 0.25) is 0 Å². The van der Waals surface area contributed by atoms with Gasteiger partial charge in [-0.3, -0.25) is 4.79 Å². The van der Waals surface area contributed by atoms with E-state index < -0.39 is 0 Å². The fraction of sp³-hybridized carbons (Fsp3) is 0.444. The van der Waals surface area contributed by atoms with Gasteiger partial charge in [0.1, 0.15) is 18.5 Å². The van der Waals surface area contributed by atoms with Crippen LogP contribution in [0.1, 0.15) is 25.8 Å². The Balaban J connectivity index is 1.81. The molecule has 128 valence electrons. The first-order valence-electron chi connectivity index (χ1n) is 8.35. The summed E-state index contributed by atoms with van der Waals surface area (Å²) in [5, 5.41) is 0.925. The van der Waals surface area contributed by atoms with Crippen LogP contribution in [0.4, 0.5) is 4.79 Å². The number of amides is 1. The number of H-pyrrole nitrogens is 1. The molecule has 1 unspecified atom stereocenters. The van der Waals surface area contributed by atoms with Gasteiger partial charge in [-0.2, -0.15) is 0 Å². The highest BCUT2D eigenvalue weighted by molar-refractivity contribution is 5.84. The van der Waals surface area contributed by atoms with Crippen molar-refractivity contribution in [3.05, 3.63) is 40.2 Å². The number of aromatic nitrogens is 1. The van der Waals surface area contributed by atoms with Gasteiger partial charge in [-0.25, -0.2) is 4.79 Å². The number of pyridine rings is 1. The Morgan fingerprint density at radius 1 is 1.33 bits per heavy atom. The third kappa shape index (κ3) is 3.22. The summed E-state index contributed by atoms with van der Waals surface area (Å²) in [6.07, 6.45) is 0.845. The molecule has 24 heavy (non-hydrogen) atoms. The first-order valence-corrected chi connectivity index (χ1v) is 8.35. The Hall–Kier alpha value is -2.50. The summed E-state index contributed by atoms with van der Waals surface area (Å²) < 4.78 is 11.4. The summed E-state index contributed by atoms with van der Waals surface area (Å²) in [5.41, 5.74) is 1.59. The van der Waals surface area contributed by atoms with Gasteiger partial charge < -0.3 is 19.4 Å². The molecule has 0 saturated heterocycles. The number of benzene rings is 1. The second-order valence-electron chi connectivity index (χ2n) is 5.93. The zero-order chi connectivity index (χ0) is 17.1. The van der Waals surface area contributed by atoms with Crippen molar-refractivity contribution >= 4 is 17.0 Å². The Kier molecular flexibility index (Phi) is 4.74. The Morgan fingerprint density at radius 2 is 2.17 bits per heavy atom. The van der Waals surface area contributed by atoms with E-state index in [0.717, 1.165) is 28.6 Å². The first-order chi connectivity index (χ1) is 11.6. The molecule has 3 rings (SSSR count). The van der Waals surface area contributed by atoms with Crippen LogP contribution in [-0.2, 0) is 11.2 Å². The SMILES string of the molecule is CCCN(CC)C(=O)OC1COc2ccc3[nH]c(=O)ccc3c2C1. The third-order valence-corrected chi connectivity index (χ3v) is 4.23. The molecule has 0 aliphatic carbocycles. The number of carbonyl (C=O) groups is 1. The molecule has 1 N–H and O–H groups in total. The van der Waals surface area contributed by atoms with Crippen molar-refractivity contribution in [2.24, 2.45) is 0 Å². The molecule has 6 nitrogen and oxygen atoms in total. The first kappa shape index (κ1) is 16.4. The summed E-state index contributed by atoms with van der Waals surface area (Å²) in [5.74, 6) is 0.780. The van der Waals surface area contributed by atoms with Crippen LogP contribution in [0.15, 0.2) is 29.1 Å². The third-order valence-electron chi connectivity index (χ3n) is 4.23. The highest BCUT2D eigenvalue weighted by atomic mass is 16.6. The summed E-state index contributed by atoms with van der Waals surface area (Å²) in [4.78, 5) is 28.2. The minimum Gasteiger partial charge on any atom is -0.489 e. The van der Waals surface area contributed by atoms with Crippen LogP contribution in [0.25, 0.3) is 10.9 Å². The summed E-state index contributed by atoms with van der Waals surface area (Å²) >= 11 is 0. The number of fused-ring (bicyclic) bond motifs is 3. The van der Waals surface area contributed by atoms with Gasteiger partial charge in [-0.15, -0.1) is 0 Å². The topological polar surface area (TPSA) is 71.6 Å². The molecule has 1 aliphatic rings. The fourth-order valence-electron chi connectivity index (χ4n) is 3.03. The smallest absolute Gasteiger partial charge is 0.410 e. The van der Waals surface area contributed by atoms with Gasteiger partial charge in [0, 0.05) is 42.0 Å². The number of ether oxygens (including phenoxy) is 2. The maximum atomic E-state index is 12.3. The lowest BCUT2D eigenvalue weighted by Crippen LogP contribution is -2.38. The van der Waals surface area contributed by atoms with Crippen LogP contribution in [0.3, 0.4) is 0 Å². The van der Waals surface area contributed by atoms with Gasteiger partial charge in [0.25, 0.3) is 0 Å². The average Bonchev–Trinajstić information content (AvgIpc) is 2.59. The van der Waals surface area contributed by atoms with Gasteiger partial charge in [0.05, 0.1) is 0 Å².